The molecule has 3 rings (SSSR count). The number of esters is 1. The molecular weight excluding hydrogens is 347 g/mol. The van der Waals surface area contributed by atoms with Crippen LogP contribution in [0.25, 0.3) is 11.3 Å². The molecule has 0 aliphatic heterocycles. The largest absolute Gasteiger partial charge is 0.618 e. The highest BCUT2D eigenvalue weighted by molar-refractivity contribution is 6.31. The van der Waals surface area contributed by atoms with Crippen LogP contribution in [0.1, 0.15) is 18.4 Å². The van der Waals surface area contributed by atoms with Gasteiger partial charge < -0.3 is 9.94 Å². The molecule has 0 radical (unpaired) electrons. The van der Waals surface area contributed by atoms with Crippen molar-refractivity contribution in [3.8, 4) is 11.3 Å². The summed E-state index contributed by atoms with van der Waals surface area (Å²) in [6, 6.07) is 2.47. The van der Waals surface area contributed by atoms with E-state index in [9.17, 15) is 23.2 Å². The lowest BCUT2D eigenvalue weighted by Crippen LogP contribution is -2.33. The van der Waals surface area contributed by atoms with Gasteiger partial charge in [-0.25, -0.2) is 8.78 Å². The molecule has 24 heavy (non-hydrogen) atoms. The molecule has 0 spiro atoms. The highest BCUT2D eigenvalue weighted by Crippen LogP contribution is 2.50. The van der Waals surface area contributed by atoms with Crippen molar-refractivity contribution in [1.82, 2.24) is 0 Å². The minimum absolute atomic E-state index is 0.0590. The standard InChI is InChI=1S/C16H11ClF3NO3/c1-24-15(22)16(3-4-16)9-2-5-21(23)14(13(9)20)8-6-10(17)12(19)7-11(8)18/h2,5-7H,3-4H2,1H3. The van der Waals surface area contributed by atoms with Crippen molar-refractivity contribution in [2.24, 2.45) is 0 Å². The van der Waals surface area contributed by atoms with Crippen molar-refractivity contribution < 1.29 is 27.4 Å². The summed E-state index contributed by atoms with van der Waals surface area (Å²) in [5, 5.41) is 11.5. The van der Waals surface area contributed by atoms with E-state index in [0.717, 1.165) is 12.3 Å². The van der Waals surface area contributed by atoms with E-state index in [2.05, 4.69) is 4.74 Å². The molecule has 1 fully saturated rings. The molecule has 126 valence electrons. The summed E-state index contributed by atoms with van der Waals surface area (Å²) in [6.07, 6.45) is 1.67. The molecule has 1 saturated carbocycles. The number of methoxy groups -OCH3 is 1. The van der Waals surface area contributed by atoms with Crippen LogP contribution in [0, 0.1) is 22.7 Å². The Bertz CT molecular complexity index is 853. The van der Waals surface area contributed by atoms with Gasteiger partial charge in [-0.05, 0) is 18.9 Å². The molecule has 1 aromatic heterocycles. The first-order valence-corrected chi connectivity index (χ1v) is 7.35. The smallest absolute Gasteiger partial charge is 0.316 e. The number of hydrogen-bond donors (Lipinski definition) is 0. The van der Waals surface area contributed by atoms with E-state index in [1.807, 2.05) is 0 Å². The molecule has 4 nitrogen and oxygen atoms in total. The molecule has 0 saturated heterocycles. The third-order valence-corrected chi connectivity index (χ3v) is 4.44. The molecule has 0 atom stereocenters. The van der Waals surface area contributed by atoms with Crippen LogP contribution in [0.4, 0.5) is 13.2 Å². The molecule has 8 heteroatoms. The van der Waals surface area contributed by atoms with Gasteiger partial charge in [0.2, 0.25) is 5.82 Å². The monoisotopic (exact) mass is 357 g/mol. The Balaban J connectivity index is 2.22. The first kappa shape index (κ1) is 16.6. The Hall–Kier alpha value is -2.28. The SMILES string of the molecule is COC(=O)C1(c2cc[n+]([O-])c(-c3cc(Cl)c(F)cc3F)c2F)CC1. The number of aromatic nitrogens is 1. The lowest BCUT2D eigenvalue weighted by Gasteiger charge is -2.16. The molecule has 1 aliphatic rings. The van der Waals surface area contributed by atoms with Crippen molar-refractivity contribution in [1.29, 1.82) is 0 Å². The second-order valence-electron chi connectivity index (χ2n) is 5.54. The average Bonchev–Trinajstić information content (AvgIpc) is 3.33. The Labute approximate surface area is 140 Å². The highest BCUT2D eigenvalue weighted by Gasteiger charge is 2.55. The first-order valence-electron chi connectivity index (χ1n) is 6.97. The molecule has 1 heterocycles. The van der Waals surface area contributed by atoms with Gasteiger partial charge in [-0.3, -0.25) is 4.79 Å². The molecule has 0 N–H and O–H groups in total. The summed E-state index contributed by atoms with van der Waals surface area (Å²) in [6.45, 7) is 0. The third kappa shape index (κ3) is 2.39. The fourth-order valence-corrected chi connectivity index (χ4v) is 2.89. The highest BCUT2D eigenvalue weighted by atomic mass is 35.5. The lowest BCUT2D eigenvalue weighted by molar-refractivity contribution is -0.595. The van der Waals surface area contributed by atoms with Crippen LogP contribution in [-0.2, 0) is 14.9 Å². The maximum absolute atomic E-state index is 14.9. The molecule has 1 aromatic carbocycles. The van der Waals surface area contributed by atoms with Crippen LogP contribution in [0.15, 0.2) is 24.4 Å². The maximum Gasteiger partial charge on any atom is 0.316 e. The van der Waals surface area contributed by atoms with Crippen molar-refractivity contribution in [2.75, 3.05) is 7.11 Å². The predicted molar refractivity (Wildman–Crippen MR) is 78.7 cm³/mol. The van der Waals surface area contributed by atoms with Gasteiger partial charge in [-0.2, -0.15) is 9.12 Å². The molecule has 1 aliphatic carbocycles. The van der Waals surface area contributed by atoms with Crippen molar-refractivity contribution >= 4 is 17.6 Å². The quantitative estimate of drug-likeness (QED) is 0.367. The van der Waals surface area contributed by atoms with Crippen LogP contribution in [-0.4, -0.2) is 13.1 Å². The fraction of sp³-hybridized carbons (Fsp3) is 0.250. The zero-order chi connectivity index (χ0) is 17.6. The second kappa shape index (κ2) is 5.66. The summed E-state index contributed by atoms with van der Waals surface area (Å²) < 4.78 is 47.1. The Morgan fingerprint density at radius 3 is 2.54 bits per heavy atom. The Kier molecular flexibility index (Phi) is 3.91. The molecule has 2 aromatic rings. The van der Waals surface area contributed by atoms with E-state index < -0.39 is 45.1 Å². The van der Waals surface area contributed by atoms with Gasteiger partial charge in [0.15, 0.2) is 6.20 Å². The average molecular weight is 358 g/mol. The minimum Gasteiger partial charge on any atom is -0.618 e. The lowest BCUT2D eigenvalue weighted by atomic mass is 9.94. The number of carbonyl (C=O) groups excluding carboxylic acids is 1. The Morgan fingerprint density at radius 1 is 1.29 bits per heavy atom. The van der Waals surface area contributed by atoms with E-state index in [1.54, 1.807) is 0 Å². The normalized spacial score (nSPS) is 15.2. The zero-order valence-corrected chi connectivity index (χ0v) is 13.2. The Morgan fingerprint density at radius 2 is 1.96 bits per heavy atom. The van der Waals surface area contributed by atoms with E-state index in [0.29, 0.717) is 18.9 Å². The van der Waals surface area contributed by atoms with Crippen molar-refractivity contribution in [3.63, 3.8) is 0 Å². The number of benzene rings is 1. The molecule has 0 amide bonds. The zero-order valence-electron chi connectivity index (χ0n) is 12.4. The van der Waals surface area contributed by atoms with Crippen molar-refractivity contribution in [2.45, 2.75) is 18.3 Å². The van der Waals surface area contributed by atoms with Crippen LogP contribution in [0.2, 0.25) is 5.02 Å². The van der Waals surface area contributed by atoms with Gasteiger partial charge in [0, 0.05) is 17.7 Å². The minimum atomic E-state index is -1.18. The summed E-state index contributed by atoms with van der Waals surface area (Å²) in [4.78, 5) is 11.9. The summed E-state index contributed by atoms with van der Waals surface area (Å²) >= 11 is 5.61. The number of pyridine rings is 1. The van der Waals surface area contributed by atoms with Crippen LogP contribution in [0.3, 0.4) is 0 Å². The van der Waals surface area contributed by atoms with Gasteiger partial charge >= 0.3 is 5.97 Å². The van der Waals surface area contributed by atoms with E-state index in [4.69, 9.17) is 11.6 Å². The number of carbonyl (C=O) groups is 1. The van der Waals surface area contributed by atoms with Crippen LogP contribution >= 0.6 is 11.6 Å². The van der Waals surface area contributed by atoms with Gasteiger partial charge in [-0.15, -0.1) is 0 Å². The maximum atomic E-state index is 14.9. The summed E-state index contributed by atoms with van der Waals surface area (Å²) in [7, 11) is 1.18. The second-order valence-corrected chi connectivity index (χ2v) is 5.94. The van der Waals surface area contributed by atoms with E-state index in [-0.39, 0.29) is 10.3 Å². The van der Waals surface area contributed by atoms with Crippen molar-refractivity contribution in [3.05, 3.63) is 57.6 Å². The molecular formula is C16H11ClF3NO3. The van der Waals surface area contributed by atoms with E-state index >= 15 is 0 Å². The number of hydrogen-bond acceptors (Lipinski definition) is 3. The van der Waals surface area contributed by atoms with Gasteiger partial charge in [0.1, 0.15) is 11.6 Å². The van der Waals surface area contributed by atoms with E-state index in [1.165, 1.54) is 13.2 Å². The fourth-order valence-electron chi connectivity index (χ4n) is 2.73. The van der Waals surface area contributed by atoms with Gasteiger partial charge in [-0.1, -0.05) is 11.6 Å². The van der Waals surface area contributed by atoms with Gasteiger partial charge in [0.25, 0.3) is 5.69 Å². The summed E-state index contributed by atoms with van der Waals surface area (Å²) in [5.74, 6) is -3.86. The predicted octanol–water partition coefficient (Wildman–Crippen LogP) is 3.26. The number of halogens is 4. The topological polar surface area (TPSA) is 53.2 Å². The number of ether oxygens (including phenoxy) is 1. The number of nitrogens with zero attached hydrogens (tertiary/aromatic N) is 1. The van der Waals surface area contributed by atoms with Gasteiger partial charge in [0.05, 0.1) is 23.1 Å². The third-order valence-electron chi connectivity index (χ3n) is 4.15. The molecule has 0 unspecified atom stereocenters. The number of rotatable bonds is 3. The van der Waals surface area contributed by atoms with Crippen LogP contribution < -0.4 is 4.73 Å². The van der Waals surface area contributed by atoms with Crippen LogP contribution in [0.5, 0.6) is 0 Å². The molecule has 0 bridgehead atoms. The summed E-state index contributed by atoms with van der Waals surface area (Å²) in [5.41, 5.74) is -2.39. The first-order chi connectivity index (χ1) is 11.3.